The molecular weight excluding hydrogens is 286 g/mol. The van der Waals surface area contributed by atoms with Gasteiger partial charge in [0.25, 0.3) is 0 Å². The first-order valence-corrected chi connectivity index (χ1v) is 8.41. The van der Waals surface area contributed by atoms with E-state index in [1.165, 1.54) is 36.6 Å². The molecular formula is C18H23N5. The van der Waals surface area contributed by atoms with E-state index in [1.807, 2.05) is 24.1 Å². The molecule has 2 N–H and O–H groups in total. The molecule has 2 heterocycles. The molecule has 1 fully saturated rings. The van der Waals surface area contributed by atoms with E-state index in [4.69, 9.17) is 10.8 Å². The SMILES string of the molecule is Cn1cc(-c2ccc3cn([C@H]4CC[C@H](CN)CC4)nc3c2)cn1. The molecule has 0 saturated heterocycles. The Kier molecular flexibility index (Phi) is 3.65. The van der Waals surface area contributed by atoms with Crippen LogP contribution in [0.2, 0.25) is 0 Å². The molecule has 1 aromatic carbocycles. The van der Waals surface area contributed by atoms with Crippen LogP contribution in [0.25, 0.3) is 22.0 Å². The van der Waals surface area contributed by atoms with Crippen molar-refractivity contribution >= 4 is 10.9 Å². The highest BCUT2D eigenvalue weighted by atomic mass is 15.3. The number of aryl methyl sites for hydroxylation is 1. The molecule has 23 heavy (non-hydrogen) atoms. The molecule has 120 valence electrons. The van der Waals surface area contributed by atoms with Crippen LogP contribution in [0.5, 0.6) is 0 Å². The fourth-order valence-electron chi connectivity index (χ4n) is 3.62. The monoisotopic (exact) mass is 309 g/mol. The van der Waals surface area contributed by atoms with Gasteiger partial charge >= 0.3 is 0 Å². The van der Waals surface area contributed by atoms with Gasteiger partial charge in [0.1, 0.15) is 0 Å². The van der Waals surface area contributed by atoms with Gasteiger partial charge in [0.2, 0.25) is 0 Å². The second-order valence-corrected chi connectivity index (χ2v) is 6.70. The number of nitrogens with two attached hydrogens (primary N) is 1. The third-order valence-corrected chi connectivity index (χ3v) is 5.09. The summed E-state index contributed by atoms with van der Waals surface area (Å²) in [4.78, 5) is 0. The minimum Gasteiger partial charge on any atom is -0.330 e. The Morgan fingerprint density at radius 2 is 1.96 bits per heavy atom. The van der Waals surface area contributed by atoms with E-state index in [-0.39, 0.29) is 0 Å². The number of hydrogen-bond donors (Lipinski definition) is 1. The summed E-state index contributed by atoms with van der Waals surface area (Å²) in [7, 11) is 1.94. The van der Waals surface area contributed by atoms with Crippen molar-refractivity contribution in [3.05, 3.63) is 36.8 Å². The van der Waals surface area contributed by atoms with Crippen molar-refractivity contribution in [3.63, 3.8) is 0 Å². The summed E-state index contributed by atoms with van der Waals surface area (Å²) in [6.07, 6.45) is 10.9. The largest absolute Gasteiger partial charge is 0.330 e. The Balaban J connectivity index is 1.61. The van der Waals surface area contributed by atoms with Crippen molar-refractivity contribution in [2.75, 3.05) is 6.54 Å². The number of nitrogens with zero attached hydrogens (tertiary/aromatic N) is 4. The summed E-state index contributed by atoms with van der Waals surface area (Å²) >= 11 is 0. The van der Waals surface area contributed by atoms with Crippen LogP contribution in [0.3, 0.4) is 0 Å². The summed E-state index contributed by atoms with van der Waals surface area (Å²) in [6, 6.07) is 6.99. The summed E-state index contributed by atoms with van der Waals surface area (Å²) in [5.41, 5.74) is 9.16. The predicted octanol–water partition coefficient (Wildman–Crippen LogP) is 3.13. The molecule has 1 aliphatic carbocycles. The van der Waals surface area contributed by atoms with Crippen LogP contribution in [0, 0.1) is 5.92 Å². The number of rotatable bonds is 3. The molecule has 0 aliphatic heterocycles. The quantitative estimate of drug-likeness (QED) is 0.808. The smallest absolute Gasteiger partial charge is 0.0929 e. The maximum Gasteiger partial charge on any atom is 0.0929 e. The van der Waals surface area contributed by atoms with E-state index in [1.54, 1.807) is 0 Å². The lowest BCUT2D eigenvalue weighted by atomic mass is 9.86. The van der Waals surface area contributed by atoms with Crippen LogP contribution in [-0.2, 0) is 7.05 Å². The first kappa shape index (κ1) is 14.5. The Morgan fingerprint density at radius 1 is 1.13 bits per heavy atom. The van der Waals surface area contributed by atoms with Gasteiger partial charge in [0.15, 0.2) is 0 Å². The first-order chi connectivity index (χ1) is 11.2. The molecule has 0 amide bonds. The second kappa shape index (κ2) is 5.81. The van der Waals surface area contributed by atoms with Crippen molar-refractivity contribution in [3.8, 4) is 11.1 Å². The zero-order valence-electron chi connectivity index (χ0n) is 13.5. The molecule has 5 heteroatoms. The van der Waals surface area contributed by atoms with E-state index in [0.717, 1.165) is 17.6 Å². The van der Waals surface area contributed by atoms with Gasteiger partial charge in [0.05, 0.1) is 17.8 Å². The molecule has 1 saturated carbocycles. The summed E-state index contributed by atoms with van der Waals surface area (Å²) in [5, 5.41) is 10.3. The topological polar surface area (TPSA) is 61.7 Å². The molecule has 2 aromatic heterocycles. The van der Waals surface area contributed by atoms with Crippen molar-refractivity contribution < 1.29 is 0 Å². The van der Waals surface area contributed by atoms with Crippen LogP contribution >= 0.6 is 0 Å². The van der Waals surface area contributed by atoms with Gasteiger partial charge in [-0.05, 0) is 49.8 Å². The Morgan fingerprint density at radius 3 is 2.65 bits per heavy atom. The number of aromatic nitrogens is 4. The maximum absolute atomic E-state index is 5.79. The van der Waals surface area contributed by atoms with E-state index in [9.17, 15) is 0 Å². The zero-order valence-corrected chi connectivity index (χ0v) is 13.5. The van der Waals surface area contributed by atoms with Crippen LogP contribution < -0.4 is 5.73 Å². The minimum atomic E-state index is 0.520. The molecule has 5 nitrogen and oxygen atoms in total. The average Bonchev–Trinajstić information content (AvgIpc) is 3.20. The lowest BCUT2D eigenvalue weighted by molar-refractivity contribution is 0.266. The third-order valence-electron chi connectivity index (χ3n) is 5.09. The fourth-order valence-corrected chi connectivity index (χ4v) is 3.62. The van der Waals surface area contributed by atoms with Crippen molar-refractivity contribution in [2.24, 2.45) is 18.7 Å². The number of hydrogen-bond acceptors (Lipinski definition) is 3. The van der Waals surface area contributed by atoms with E-state index in [2.05, 4.69) is 34.2 Å². The Bertz CT molecular complexity index is 808. The standard InChI is InChI=1S/C18H23N5/c1-22-11-16(10-20-22)14-4-5-15-12-23(21-18(15)8-14)17-6-2-13(9-19)3-7-17/h4-5,8,10-13,17H,2-3,6-7,9,19H2,1H3/t13-,17-. The molecule has 0 radical (unpaired) electrons. The van der Waals surface area contributed by atoms with Crippen LogP contribution in [-0.4, -0.2) is 26.1 Å². The van der Waals surface area contributed by atoms with Gasteiger partial charge in [-0.3, -0.25) is 9.36 Å². The maximum atomic E-state index is 5.79. The van der Waals surface area contributed by atoms with Gasteiger partial charge in [-0.2, -0.15) is 10.2 Å². The zero-order chi connectivity index (χ0) is 15.8. The lowest BCUT2D eigenvalue weighted by Gasteiger charge is -2.27. The van der Waals surface area contributed by atoms with Gasteiger partial charge in [0, 0.05) is 30.4 Å². The highest BCUT2D eigenvalue weighted by Gasteiger charge is 2.22. The predicted molar refractivity (Wildman–Crippen MR) is 92.0 cm³/mol. The van der Waals surface area contributed by atoms with Crippen molar-refractivity contribution in [2.45, 2.75) is 31.7 Å². The van der Waals surface area contributed by atoms with E-state index < -0.39 is 0 Å². The highest BCUT2D eigenvalue weighted by molar-refractivity contribution is 5.83. The third kappa shape index (κ3) is 2.77. The van der Waals surface area contributed by atoms with E-state index in [0.29, 0.717) is 12.0 Å². The van der Waals surface area contributed by atoms with Gasteiger partial charge in [-0.15, -0.1) is 0 Å². The molecule has 4 rings (SSSR count). The average molecular weight is 309 g/mol. The highest BCUT2D eigenvalue weighted by Crippen LogP contribution is 2.32. The summed E-state index contributed by atoms with van der Waals surface area (Å²) in [5.74, 6) is 0.702. The lowest BCUT2D eigenvalue weighted by Crippen LogP contribution is -2.23. The van der Waals surface area contributed by atoms with Crippen molar-refractivity contribution in [1.29, 1.82) is 0 Å². The van der Waals surface area contributed by atoms with Crippen LogP contribution in [0.4, 0.5) is 0 Å². The van der Waals surface area contributed by atoms with E-state index >= 15 is 0 Å². The molecule has 0 atom stereocenters. The summed E-state index contributed by atoms with van der Waals surface area (Å²) in [6.45, 7) is 0.822. The molecule has 0 unspecified atom stereocenters. The van der Waals surface area contributed by atoms with Gasteiger partial charge < -0.3 is 5.73 Å². The molecule has 3 aromatic rings. The van der Waals surface area contributed by atoms with Gasteiger partial charge in [-0.1, -0.05) is 12.1 Å². The molecule has 0 bridgehead atoms. The summed E-state index contributed by atoms with van der Waals surface area (Å²) < 4.78 is 4.00. The van der Waals surface area contributed by atoms with Gasteiger partial charge in [-0.25, -0.2) is 0 Å². The molecule has 1 aliphatic rings. The first-order valence-electron chi connectivity index (χ1n) is 8.41. The Hall–Kier alpha value is -2.14. The second-order valence-electron chi connectivity index (χ2n) is 6.70. The van der Waals surface area contributed by atoms with Crippen molar-refractivity contribution in [1.82, 2.24) is 19.6 Å². The molecule has 0 spiro atoms. The van der Waals surface area contributed by atoms with Crippen LogP contribution in [0.15, 0.2) is 36.8 Å². The minimum absolute atomic E-state index is 0.520. The Labute approximate surface area is 136 Å². The van der Waals surface area contributed by atoms with Crippen LogP contribution in [0.1, 0.15) is 31.7 Å². The fraction of sp³-hybridized carbons (Fsp3) is 0.444. The number of fused-ring (bicyclic) bond motifs is 1. The normalized spacial score (nSPS) is 21.8. The number of benzene rings is 1.